The number of aromatic hydroxyl groups is 1. The van der Waals surface area contributed by atoms with E-state index in [-0.39, 0.29) is 23.5 Å². The second-order valence-corrected chi connectivity index (χ2v) is 6.93. The van der Waals surface area contributed by atoms with Gasteiger partial charge >= 0.3 is 11.7 Å². The van der Waals surface area contributed by atoms with Crippen LogP contribution in [0.5, 0.6) is 5.88 Å². The predicted molar refractivity (Wildman–Crippen MR) is 111 cm³/mol. The van der Waals surface area contributed by atoms with Crippen LogP contribution >= 0.6 is 0 Å². The zero-order chi connectivity index (χ0) is 22.0. The van der Waals surface area contributed by atoms with Crippen LogP contribution in [0.2, 0.25) is 0 Å². The van der Waals surface area contributed by atoms with Gasteiger partial charge in [0.2, 0.25) is 0 Å². The molecule has 0 atom stereocenters. The highest BCUT2D eigenvalue weighted by molar-refractivity contribution is 5.67. The fraction of sp³-hybridized carbons (Fsp3) is 0.0833. The normalized spacial score (nSPS) is 12.0. The van der Waals surface area contributed by atoms with Gasteiger partial charge in [-0.05, 0) is 35.4 Å². The lowest BCUT2D eigenvalue weighted by Gasteiger charge is -2.09. The number of hydrogen-bond donors (Lipinski definition) is 1. The lowest BCUT2D eigenvalue weighted by atomic mass is 10.1. The number of aromatic nitrogens is 2. The minimum absolute atomic E-state index is 0.149. The first-order valence-corrected chi connectivity index (χ1v) is 9.51. The van der Waals surface area contributed by atoms with Crippen molar-refractivity contribution in [3.05, 3.63) is 107 Å². The molecule has 0 fully saturated rings. The molecule has 0 saturated heterocycles. The van der Waals surface area contributed by atoms with Gasteiger partial charge in [-0.15, -0.1) is 0 Å². The number of allylic oxidation sites excluding steroid dienone is 1. The Morgan fingerprint density at radius 1 is 0.968 bits per heavy atom. The SMILES string of the molecule is O=c1c(-c2ccccc2)c(O)[n+](C/C=C/c2cccc(C(F)(F)F)c2)c2ccccn12. The third-order valence-electron chi connectivity index (χ3n) is 4.90. The van der Waals surface area contributed by atoms with Crippen molar-refractivity contribution in [2.45, 2.75) is 12.7 Å². The monoisotopic (exact) mass is 423 g/mol. The average Bonchev–Trinajstić information content (AvgIpc) is 2.76. The van der Waals surface area contributed by atoms with Crippen LogP contribution in [0.25, 0.3) is 22.9 Å². The molecule has 0 saturated carbocycles. The van der Waals surface area contributed by atoms with Crippen LogP contribution in [0.15, 0.2) is 89.9 Å². The van der Waals surface area contributed by atoms with Gasteiger partial charge in [-0.1, -0.05) is 54.6 Å². The van der Waals surface area contributed by atoms with E-state index in [4.69, 9.17) is 0 Å². The van der Waals surface area contributed by atoms with Crippen molar-refractivity contribution in [3.63, 3.8) is 0 Å². The summed E-state index contributed by atoms with van der Waals surface area (Å²) >= 11 is 0. The highest BCUT2D eigenvalue weighted by Gasteiger charge is 2.30. The molecule has 0 unspecified atom stereocenters. The topological polar surface area (TPSA) is 45.6 Å². The lowest BCUT2D eigenvalue weighted by Crippen LogP contribution is -2.40. The number of benzene rings is 2. The number of rotatable bonds is 4. The molecule has 4 nitrogen and oxygen atoms in total. The summed E-state index contributed by atoms with van der Waals surface area (Å²) in [5.74, 6) is -0.212. The number of fused-ring (bicyclic) bond motifs is 1. The number of nitrogens with zero attached hydrogens (tertiary/aromatic N) is 2. The van der Waals surface area contributed by atoms with Crippen LogP contribution < -0.4 is 10.1 Å². The molecule has 4 rings (SSSR count). The Morgan fingerprint density at radius 3 is 2.45 bits per heavy atom. The van der Waals surface area contributed by atoms with Gasteiger partial charge in [0.1, 0.15) is 6.54 Å². The number of halogens is 3. The maximum absolute atomic E-state index is 13.0. The van der Waals surface area contributed by atoms with E-state index in [2.05, 4.69) is 0 Å². The summed E-state index contributed by atoms with van der Waals surface area (Å²) in [5.41, 5.74) is 0.468. The van der Waals surface area contributed by atoms with Gasteiger partial charge in [0, 0.05) is 6.07 Å². The van der Waals surface area contributed by atoms with Crippen LogP contribution in [0.1, 0.15) is 11.1 Å². The first-order valence-electron chi connectivity index (χ1n) is 9.51. The van der Waals surface area contributed by atoms with Crippen molar-refractivity contribution in [3.8, 4) is 17.0 Å². The first kappa shape index (κ1) is 20.4. The van der Waals surface area contributed by atoms with E-state index in [1.54, 1.807) is 66.9 Å². The number of alkyl halides is 3. The highest BCUT2D eigenvalue weighted by atomic mass is 19.4. The zero-order valence-corrected chi connectivity index (χ0v) is 16.3. The Bertz CT molecular complexity index is 1330. The maximum atomic E-state index is 13.0. The van der Waals surface area contributed by atoms with E-state index in [1.165, 1.54) is 15.0 Å². The Kier molecular flexibility index (Phi) is 5.33. The lowest BCUT2D eigenvalue weighted by molar-refractivity contribution is -0.670. The van der Waals surface area contributed by atoms with Gasteiger partial charge in [0.05, 0.1) is 11.8 Å². The standard InChI is InChI=1S/C24H17F3N2O2/c25-24(26,27)19-12-6-8-17(16-19)9-7-15-29-20-13-4-5-14-28(20)22(30)21(23(29)31)18-10-2-1-3-11-18/h1-14,16H,15H2/p+1/b9-7+. The minimum atomic E-state index is -4.42. The van der Waals surface area contributed by atoms with Gasteiger partial charge in [-0.25, -0.2) is 4.79 Å². The fourth-order valence-corrected chi connectivity index (χ4v) is 3.44. The van der Waals surface area contributed by atoms with E-state index >= 15 is 0 Å². The van der Waals surface area contributed by atoms with Crippen LogP contribution in [-0.4, -0.2) is 9.51 Å². The summed E-state index contributed by atoms with van der Waals surface area (Å²) in [5, 5.41) is 10.9. The third-order valence-corrected chi connectivity index (χ3v) is 4.90. The Morgan fingerprint density at radius 2 is 1.71 bits per heavy atom. The quantitative estimate of drug-likeness (QED) is 0.484. The molecule has 0 amide bonds. The molecule has 0 aliphatic rings. The Labute approximate surface area is 175 Å². The van der Waals surface area contributed by atoms with Crippen molar-refractivity contribution in [1.29, 1.82) is 0 Å². The molecule has 4 aromatic rings. The summed E-state index contributed by atoms with van der Waals surface area (Å²) in [6.07, 6.45) is 0.380. The average molecular weight is 423 g/mol. The molecule has 0 aliphatic carbocycles. The summed E-state index contributed by atoms with van der Waals surface area (Å²) in [6, 6.07) is 18.9. The van der Waals surface area contributed by atoms with Crippen molar-refractivity contribution in [1.82, 2.24) is 4.40 Å². The van der Waals surface area contributed by atoms with Crippen LogP contribution in [0, 0.1) is 0 Å². The summed E-state index contributed by atoms with van der Waals surface area (Å²) in [6.45, 7) is 0.149. The number of pyridine rings is 1. The zero-order valence-electron chi connectivity index (χ0n) is 16.3. The van der Waals surface area contributed by atoms with Gasteiger partial charge in [-0.2, -0.15) is 22.1 Å². The van der Waals surface area contributed by atoms with Crippen molar-refractivity contribution in [2.75, 3.05) is 0 Å². The summed E-state index contributed by atoms with van der Waals surface area (Å²) < 4.78 is 41.8. The molecule has 0 spiro atoms. The molecule has 156 valence electrons. The largest absolute Gasteiger partial charge is 0.477 e. The van der Waals surface area contributed by atoms with Crippen molar-refractivity contribution in [2.24, 2.45) is 0 Å². The fourth-order valence-electron chi connectivity index (χ4n) is 3.44. The van der Waals surface area contributed by atoms with E-state index in [9.17, 15) is 23.1 Å². The maximum Gasteiger partial charge on any atom is 0.416 e. The van der Waals surface area contributed by atoms with Crippen molar-refractivity contribution >= 4 is 11.7 Å². The molecule has 0 bridgehead atoms. The molecular weight excluding hydrogens is 405 g/mol. The van der Waals surface area contributed by atoms with Crippen molar-refractivity contribution < 1.29 is 22.8 Å². The van der Waals surface area contributed by atoms with Gasteiger partial charge in [0.15, 0.2) is 5.56 Å². The molecule has 0 aliphatic heterocycles. The summed E-state index contributed by atoms with van der Waals surface area (Å²) in [7, 11) is 0. The van der Waals surface area contributed by atoms with E-state index < -0.39 is 11.7 Å². The Balaban J connectivity index is 1.78. The van der Waals surface area contributed by atoms with Gasteiger partial charge in [0.25, 0.3) is 11.5 Å². The third kappa shape index (κ3) is 4.07. The van der Waals surface area contributed by atoms with E-state index in [1.807, 2.05) is 6.07 Å². The first-order chi connectivity index (χ1) is 14.9. The van der Waals surface area contributed by atoms with Gasteiger partial charge < -0.3 is 5.11 Å². The Hall–Kier alpha value is -3.87. The predicted octanol–water partition coefficient (Wildman–Crippen LogP) is 4.69. The molecule has 1 N–H and O–H groups in total. The molecule has 2 aromatic carbocycles. The van der Waals surface area contributed by atoms with Crippen LogP contribution in [0.4, 0.5) is 13.2 Å². The molecular formula is C24H18F3N2O2+. The molecule has 2 heterocycles. The number of hydrogen-bond acceptors (Lipinski definition) is 2. The van der Waals surface area contributed by atoms with E-state index in [0.717, 1.165) is 12.1 Å². The molecule has 2 aromatic heterocycles. The molecule has 0 radical (unpaired) electrons. The molecule has 31 heavy (non-hydrogen) atoms. The summed E-state index contributed by atoms with van der Waals surface area (Å²) in [4.78, 5) is 13.0. The second kappa shape index (κ2) is 8.10. The van der Waals surface area contributed by atoms with E-state index in [0.29, 0.717) is 16.8 Å². The smallest absolute Gasteiger partial charge is 0.416 e. The minimum Gasteiger partial charge on any atom is -0.477 e. The highest BCUT2D eigenvalue weighted by Crippen LogP contribution is 2.29. The van der Waals surface area contributed by atoms with Crippen LogP contribution in [-0.2, 0) is 12.7 Å². The van der Waals surface area contributed by atoms with Gasteiger partial charge in [-0.3, -0.25) is 0 Å². The molecule has 7 heteroatoms. The van der Waals surface area contributed by atoms with Crippen LogP contribution in [0.3, 0.4) is 0 Å². The second-order valence-electron chi connectivity index (χ2n) is 6.93.